The number of hydrogen-bond donors (Lipinski definition) is 1. The first-order valence-corrected chi connectivity index (χ1v) is 10.4. The number of nitro benzene ring substituents is 1. The number of anilines is 2. The van der Waals surface area contributed by atoms with Crippen LogP contribution >= 0.6 is 0 Å². The van der Waals surface area contributed by atoms with E-state index in [0.717, 1.165) is 27.8 Å². The first kappa shape index (κ1) is 21.0. The van der Waals surface area contributed by atoms with Crippen LogP contribution in [0.4, 0.5) is 17.2 Å². The number of nitrogens with two attached hydrogens (primary N) is 1. The summed E-state index contributed by atoms with van der Waals surface area (Å²) in [5.74, 6) is 0.571. The van der Waals surface area contributed by atoms with E-state index in [2.05, 4.69) is 15.2 Å². The molecule has 0 bridgehead atoms. The lowest BCUT2D eigenvalue weighted by Crippen LogP contribution is -2.13. The second-order valence-electron chi connectivity index (χ2n) is 7.84. The van der Waals surface area contributed by atoms with E-state index in [1.165, 1.54) is 18.5 Å². The fraction of sp³-hybridized carbons (Fsp3) is 0.0833. The van der Waals surface area contributed by atoms with E-state index in [9.17, 15) is 14.9 Å². The van der Waals surface area contributed by atoms with Crippen LogP contribution < -0.4 is 10.6 Å². The van der Waals surface area contributed by atoms with Gasteiger partial charge in [0.25, 0.3) is 11.5 Å². The summed E-state index contributed by atoms with van der Waals surface area (Å²) in [6, 6.07) is 20.2. The molecule has 1 amide bonds. The van der Waals surface area contributed by atoms with Crippen molar-refractivity contribution in [2.45, 2.75) is 6.42 Å². The number of carbonyl (C=O) groups excluding carboxylic acids is 1. The first-order valence-electron chi connectivity index (χ1n) is 10.4. The van der Waals surface area contributed by atoms with Crippen molar-refractivity contribution in [1.82, 2.24) is 19.6 Å². The number of nitro groups is 1. The average Bonchev–Trinajstić information content (AvgIpc) is 3.32. The van der Waals surface area contributed by atoms with Gasteiger partial charge in [-0.2, -0.15) is 4.98 Å². The number of hydrogen-bond acceptors (Lipinski definition) is 7. The number of benzene rings is 3. The molecule has 5 aromatic rings. The summed E-state index contributed by atoms with van der Waals surface area (Å²) in [6.07, 6.45) is 1.69. The largest absolute Gasteiger partial charge is 0.369 e. The number of nitrogens with zero attached hydrogens (tertiary/aromatic N) is 6. The molecule has 2 heterocycles. The number of aromatic nitrogens is 4. The number of primary amides is 1. The van der Waals surface area contributed by atoms with Gasteiger partial charge in [0.1, 0.15) is 12.1 Å². The Balaban J connectivity index is 1.57. The summed E-state index contributed by atoms with van der Waals surface area (Å²) in [5, 5.41) is 20.0. The minimum absolute atomic E-state index is 0.0240. The van der Waals surface area contributed by atoms with Crippen LogP contribution in [0, 0.1) is 10.1 Å². The molecule has 0 saturated carbocycles. The molecule has 10 nitrogen and oxygen atoms in total. The highest BCUT2D eigenvalue weighted by Gasteiger charge is 2.17. The molecule has 0 radical (unpaired) electrons. The van der Waals surface area contributed by atoms with Crippen molar-refractivity contribution in [3.8, 4) is 11.1 Å². The summed E-state index contributed by atoms with van der Waals surface area (Å²) in [4.78, 5) is 28.6. The van der Waals surface area contributed by atoms with Crippen molar-refractivity contribution < 1.29 is 9.72 Å². The lowest BCUT2D eigenvalue weighted by molar-refractivity contribution is -0.384. The minimum Gasteiger partial charge on any atom is -0.369 e. The summed E-state index contributed by atoms with van der Waals surface area (Å²) in [5.41, 5.74) is 9.55. The van der Waals surface area contributed by atoms with Crippen LogP contribution in [0.2, 0.25) is 0 Å². The zero-order valence-electron chi connectivity index (χ0n) is 18.1. The number of carbonyl (C=O) groups is 1. The molecule has 5 rings (SSSR count). The highest BCUT2D eigenvalue weighted by atomic mass is 16.6. The van der Waals surface area contributed by atoms with Crippen LogP contribution in [0.3, 0.4) is 0 Å². The lowest BCUT2D eigenvalue weighted by atomic mass is 10.0. The average molecular weight is 453 g/mol. The van der Waals surface area contributed by atoms with Crippen LogP contribution in [0.5, 0.6) is 0 Å². The molecule has 0 unspecified atom stereocenters. The van der Waals surface area contributed by atoms with E-state index < -0.39 is 4.92 Å². The Morgan fingerprint density at radius 3 is 2.62 bits per heavy atom. The monoisotopic (exact) mass is 453 g/mol. The van der Waals surface area contributed by atoms with Gasteiger partial charge in [-0.15, -0.1) is 10.2 Å². The third-order valence-electron chi connectivity index (χ3n) is 5.65. The van der Waals surface area contributed by atoms with E-state index in [-0.39, 0.29) is 18.0 Å². The van der Waals surface area contributed by atoms with Crippen molar-refractivity contribution in [2.75, 3.05) is 11.9 Å². The second kappa shape index (κ2) is 8.24. The Hall–Kier alpha value is -4.86. The fourth-order valence-electron chi connectivity index (χ4n) is 3.94. The van der Waals surface area contributed by atoms with Gasteiger partial charge >= 0.3 is 0 Å². The van der Waals surface area contributed by atoms with Gasteiger partial charge in [-0.25, -0.2) is 0 Å². The summed E-state index contributed by atoms with van der Waals surface area (Å²) < 4.78 is 1.63. The smallest absolute Gasteiger partial charge is 0.271 e. The molecule has 2 aromatic heterocycles. The number of non-ortho nitro benzene ring substituents is 1. The quantitative estimate of drug-likeness (QED) is 0.306. The number of rotatable bonds is 6. The Kier molecular flexibility index (Phi) is 5.09. The van der Waals surface area contributed by atoms with Gasteiger partial charge in [-0.1, -0.05) is 36.4 Å². The molecule has 0 aliphatic carbocycles. The van der Waals surface area contributed by atoms with E-state index in [0.29, 0.717) is 17.1 Å². The minimum atomic E-state index is -0.433. The highest BCUT2D eigenvalue weighted by molar-refractivity contribution is 5.94. The topological polar surface area (TPSA) is 133 Å². The third kappa shape index (κ3) is 3.77. The molecule has 10 heteroatoms. The van der Waals surface area contributed by atoms with E-state index in [4.69, 9.17) is 5.73 Å². The molecule has 0 aliphatic heterocycles. The molecule has 34 heavy (non-hydrogen) atoms. The van der Waals surface area contributed by atoms with Gasteiger partial charge in [-0.3, -0.25) is 19.3 Å². The van der Waals surface area contributed by atoms with Crippen LogP contribution in [0.1, 0.15) is 5.56 Å². The maximum atomic E-state index is 11.3. The summed E-state index contributed by atoms with van der Waals surface area (Å²) in [6.45, 7) is 0. The van der Waals surface area contributed by atoms with Crippen LogP contribution in [0.25, 0.3) is 27.8 Å². The zero-order chi connectivity index (χ0) is 23.8. The van der Waals surface area contributed by atoms with Crippen molar-refractivity contribution in [3.05, 3.63) is 88.7 Å². The lowest BCUT2D eigenvalue weighted by Gasteiger charge is -2.21. The van der Waals surface area contributed by atoms with Crippen molar-refractivity contribution in [3.63, 3.8) is 0 Å². The molecular weight excluding hydrogens is 434 g/mol. The Bertz CT molecular complexity index is 1560. The van der Waals surface area contributed by atoms with Crippen LogP contribution in [-0.2, 0) is 11.2 Å². The summed E-state index contributed by atoms with van der Waals surface area (Å²) in [7, 11) is 1.88. The SMILES string of the molecule is CN(c1cccc(-c2ccc(CC(N)=O)cc2)c1)c1nc2nncn2c2cc([N+](=O)[O-])ccc12. The third-order valence-corrected chi connectivity index (χ3v) is 5.65. The maximum Gasteiger partial charge on any atom is 0.271 e. The molecule has 168 valence electrons. The van der Waals surface area contributed by atoms with E-state index in [1.807, 2.05) is 60.5 Å². The number of amides is 1. The van der Waals surface area contributed by atoms with Gasteiger partial charge in [0.15, 0.2) is 0 Å². The molecular formula is C24H19N7O3. The van der Waals surface area contributed by atoms with Crippen LogP contribution in [0.15, 0.2) is 73.1 Å². The van der Waals surface area contributed by atoms with Crippen molar-refractivity contribution in [2.24, 2.45) is 5.73 Å². The normalized spacial score (nSPS) is 11.1. The second-order valence-corrected chi connectivity index (χ2v) is 7.84. The number of fused-ring (bicyclic) bond motifs is 3. The van der Waals surface area contributed by atoms with Crippen molar-refractivity contribution >= 4 is 39.8 Å². The Morgan fingerprint density at radius 1 is 1.09 bits per heavy atom. The van der Waals surface area contributed by atoms with Gasteiger partial charge in [0.05, 0.1) is 16.9 Å². The van der Waals surface area contributed by atoms with Gasteiger partial charge in [0, 0.05) is 30.3 Å². The fourth-order valence-corrected chi connectivity index (χ4v) is 3.94. The van der Waals surface area contributed by atoms with Gasteiger partial charge < -0.3 is 10.6 Å². The predicted molar refractivity (Wildman–Crippen MR) is 128 cm³/mol. The Labute approximate surface area is 193 Å². The predicted octanol–water partition coefficient (Wildman–Crippen LogP) is 3.65. The molecule has 0 aliphatic rings. The first-order chi connectivity index (χ1) is 16.4. The maximum absolute atomic E-state index is 11.3. The van der Waals surface area contributed by atoms with Gasteiger partial charge in [-0.05, 0) is 34.9 Å². The molecule has 3 aromatic carbocycles. The van der Waals surface area contributed by atoms with Gasteiger partial charge in [0.2, 0.25) is 5.91 Å². The summed E-state index contributed by atoms with van der Waals surface area (Å²) >= 11 is 0. The van der Waals surface area contributed by atoms with E-state index in [1.54, 1.807) is 10.5 Å². The standard InChI is InChI=1S/C24H19N7O3/c1-29(18-4-2-3-17(12-18)16-7-5-15(6-8-16)11-22(25)32)23-20-10-9-19(31(33)34)13-21(20)30-14-26-28-24(30)27-23/h2-10,12-14H,11H2,1H3,(H2,25,32). The van der Waals surface area contributed by atoms with E-state index >= 15 is 0 Å². The molecule has 2 N–H and O–H groups in total. The van der Waals surface area contributed by atoms with Crippen molar-refractivity contribution in [1.29, 1.82) is 0 Å². The van der Waals surface area contributed by atoms with Crippen LogP contribution in [-0.4, -0.2) is 37.5 Å². The molecule has 0 saturated heterocycles. The molecule has 0 atom stereocenters. The molecule has 0 spiro atoms. The zero-order valence-corrected chi connectivity index (χ0v) is 18.1. The Morgan fingerprint density at radius 2 is 1.88 bits per heavy atom. The highest BCUT2D eigenvalue weighted by Crippen LogP contribution is 2.33. The molecule has 0 fully saturated rings.